The highest BCUT2D eigenvalue weighted by atomic mass is 16.2. The van der Waals surface area contributed by atoms with Crippen LogP contribution in [0.4, 0.5) is 5.95 Å². The van der Waals surface area contributed by atoms with Gasteiger partial charge < -0.3 is 10.4 Å². The molecule has 0 saturated heterocycles. The van der Waals surface area contributed by atoms with Gasteiger partial charge in [-0.25, -0.2) is 4.52 Å². The van der Waals surface area contributed by atoms with Crippen LogP contribution in [0.25, 0.3) is 5.65 Å². The van der Waals surface area contributed by atoms with E-state index in [9.17, 15) is 0 Å². The van der Waals surface area contributed by atoms with E-state index < -0.39 is 0 Å². The molecule has 98 valence electrons. The second kappa shape index (κ2) is 5.35. The van der Waals surface area contributed by atoms with Gasteiger partial charge in [0.2, 0.25) is 5.95 Å². The summed E-state index contributed by atoms with van der Waals surface area (Å²) in [7, 11) is 0. The van der Waals surface area contributed by atoms with E-state index >= 15 is 0 Å². The summed E-state index contributed by atoms with van der Waals surface area (Å²) in [5, 5.41) is 16.5. The molecule has 2 rings (SSSR count). The topological polar surface area (TPSA) is 62.5 Å². The highest BCUT2D eigenvalue weighted by molar-refractivity contribution is 5.42. The third kappa shape index (κ3) is 3.20. The molecule has 2 aromatic rings. The molecule has 0 saturated carbocycles. The molecule has 0 unspecified atom stereocenters. The number of hydrogen-bond donors (Lipinski definition) is 2. The van der Waals surface area contributed by atoms with Gasteiger partial charge >= 0.3 is 0 Å². The zero-order valence-electron chi connectivity index (χ0n) is 10.9. The van der Waals surface area contributed by atoms with Crippen LogP contribution in [0.15, 0.2) is 24.4 Å². The Hall–Kier alpha value is -1.62. The molecule has 5 nitrogen and oxygen atoms in total. The zero-order chi connectivity index (χ0) is 13.0. The number of pyridine rings is 1. The quantitative estimate of drug-likeness (QED) is 0.820. The van der Waals surface area contributed by atoms with Crippen molar-refractivity contribution in [2.75, 3.05) is 18.5 Å². The summed E-state index contributed by atoms with van der Waals surface area (Å²) in [6.45, 7) is 5.39. The second-order valence-electron chi connectivity index (χ2n) is 5.28. The first-order valence-electron chi connectivity index (χ1n) is 6.27. The minimum absolute atomic E-state index is 0.125. The highest BCUT2D eigenvalue weighted by Gasteiger charge is 2.17. The van der Waals surface area contributed by atoms with Crippen LogP contribution in [0.1, 0.15) is 26.7 Å². The third-order valence-corrected chi connectivity index (χ3v) is 2.98. The van der Waals surface area contributed by atoms with Gasteiger partial charge in [0.05, 0.1) is 0 Å². The van der Waals surface area contributed by atoms with Crippen LogP contribution < -0.4 is 5.32 Å². The normalized spacial score (nSPS) is 11.9. The summed E-state index contributed by atoms with van der Waals surface area (Å²) in [5.74, 6) is 0.651. The number of nitrogens with one attached hydrogen (secondary N) is 1. The largest absolute Gasteiger partial charge is 0.396 e. The lowest BCUT2D eigenvalue weighted by Crippen LogP contribution is -2.23. The molecule has 0 radical (unpaired) electrons. The number of rotatable bonds is 6. The summed E-state index contributed by atoms with van der Waals surface area (Å²) >= 11 is 0. The molecule has 2 N–H and O–H groups in total. The SMILES string of the molecule is CC(C)(CCCO)CNc1nc2ccccn2n1. The smallest absolute Gasteiger partial charge is 0.243 e. The molecular formula is C13H20N4O. The molecule has 2 aromatic heterocycles. The maximum absolute atomic E-state index is 8.86. The van der Waals surface area contributed by atoms with Crippen LogP contribution in [0.2, 0.25) is 0 Å². The third-order valence-electron chi connectivity index (χ3n) is 2.98. The molecule has 0 spiro atoms. The van der Waals surface area contributed by atoms with Crippen LogP contribution in [0, 0.1) is 5.41 Å². The van der Waals surface area contributed by atoms with E-state index in [-0.39, 0.29) is 12.0 Å². The van der Waals surface area contributed by atoms with Crippen LogP contribution >= 0.6 is 0 Å². The van der Waals surface area contributed by atoms with Crippen molar-refractivity contribution in [3.63, 3.8) is 0 Å². The molecule has 0 aromatic carbocycles. The van der Waals surface area contributed by atoms with Gasteiger partial charge in [-0.15, -0.1) is 5.10 Å². The minimum atomic E-state index is 0.125. The lowest BCUT2D eigenvalue weighted by atomic mass is 9.88. The summed E-state index contributed by atoms with van der Waals surface area (Å²) in [6.07, 6.45) is 3.68. The van der Waals surface area contributed by atoms with Crippen molar-refractivity contribution in [2.24, 2.45) is 5.41 Å². The number of hydrogen-bond acceptors (Lipinski definition) is 4. The average Bonchev–Trinajstić information content (AvgIpc) is 2.77. The van der Waals surface area contributed by atoms with Crippen molar-refractivity contribution in [1.29, 1.82) is 0 Å². The standard InChI is InChI=1S/C13H20N4O/c1-13(2,7-5-9-18)10-14-12-15-11-6-3-4-8-17(11)16-12/h3-4,6,8,18H,5,7,9-10H2,1-2H3,(H,14,16). The maximum atomic E-state index is 8.86. The summed E-state index contributed by atoms with van der Waals surface area (Å²) in [5.41, 5.74) is 0.966. The van der Waals surface area contributed by atoms with E-state index in [2.05, 4.69) is 29.2 Å². The van der Waals surface area contributed by atoms with Crippen molar-refractivity contribution in [3.05, 3.63) is 24.4 Å². The molecule has 2 heterocycles. The first-order valence-corrected chi connectivity index (χ1v) is 6.27. The molecule has 5 heteroatoms. The second-order valence-corrected chi connectivity index (χ2v) is 5.28. The molecule has 0 aliphatic carbocycles. The Labute approximate surface area is 107 Å². The van der Waals surface area contributed by atoms with Gasteiger partial charge in [-0.2, -0.15) is 4.98 Å². The molecule has 0 atom stereocenters. The van der Waals surface area contributed by atoms with E-state index in [0.717, 1.165) is 25.0 Å². The van der Waals surface area contributed by atoms with E-state index in [4.69, 9.17) is 5.11 Å². The number of fused-ring (bicyclic) bond motifs is 1. The van der Waals surface area contributed by atoms with Gasteiger partial charge in [0.1, 0.15) is 0 Å². The molecule has 0 aliphatic rings. The first kappa shape index (κ1) is 12.8. The lowest BCUT2D eigenvalue weighted by molar-refractivity contribution is 0.247. The molecule has 0 fully saturated rings. The number of aromatic nitrogens is 3. The van der Waals surface area contributed by atoms with Crippen molar-refractivity contribution in [1.82, 2.24) is 14.6 Å². The minimum Gasteiger partial charge on any atom is -0.396 e. The lowest BCUT2D eigenvalue weighted by Gasteiger charge is -2.24. The molecular weight excluding hydrogens is 228 g/mol. The van der Waals surface area contributed by atoms with Gasteiger partial charge in [0.15, 0.2) is 5.65 Å². The van der Waals surface area contributed by atoms with Crippen LogP contribution in [0.3, 0.4) is 0 Å². The Kier molecular flexibility index (Phi) is 3.81. The van der Waals surface area contributed by atoms with Crippen LogP contribution in [-0.2, 0) is 0 Å². The fraction of sp³-hybridized carbons (Fsp3) is 0.538. The number of aliphatic hydroxyl groups excluding tert-OH is 1. The number of nitrogens with zero attached hydrogens (tertiary/aromatic N) is 3. The van der Waals surface area contributed by atoms with Crippen molar-refractivity contribution < 1.29 is 5.11 Å². The highest BCUT2D eigenvalue weighted by Crippen LogP contribution is 2.22. The average molecular weight is 248 g/mol. The fourth-order valence-electron chi connectivity index (χ4n) is 1.87. The predicted octanol–water partition coefficient (Wildman–Crippen LogP) is 1.94. The molecule has 0 bridgehead atoms. The van der Waals surface area contributed by atoms with Gasteiger partial charge in [0.25, 0.3) is 0 Å². The summed E-state index contributed by atoms with van der Waals surface area (Å²) < 4.78 is 1.75. The Balaban J connectivity index is 1.97. The van der Waals surface area contributed by atoms with Crippen molar-refractivity contribution in [2.45, 2.75) is 26.7 Å². The number of anilines is 1. The fourth-order valence-corrected chi connectivity index (χ4v) is 1.87. The maximum Gasteiger partial charge on any atom is 0.243 e. The Morgan fingerprint density at radius 2 is 2.22 bits per heavy atom. The first-order chi connectivity index (χ1) is 8.61. The Bertz CT molecular complexity index is 473. The van der Waals surface area contributed by atoms with Gasteiger partial charge in [-0.05, 0) is 30.4 Å². The van der Waals surface area contributed by atoms with Crippen LogP contribution in [-0.4, -0.2) is 32.9 Å². The zero-order valence-corrected chi connectivity index (χ0v) is 10.9. The van der Waals surface area contributed by atoms with Crippen molar-refractivity contribution >= 4 is 11.6 Å². The summed E-state index contributed by atoms with van der Waals surface area (Å²) in [4.78, 5) is 4.39. The molecule has 0 aliphatic heterocycles. The molecule has 0 amide bonds. The van der Waals surface area contributed by atoms with Gasteiger partial charge in [0, 0.05) is 19.3 Å². The van der Waals surface area contributed by atoms with E-state index in [1.807, 2.05) is 24.4 Å². The van der Waals surface area contributed by atoms with Crippen LogP contribution in [0.5, 0.6) is 0 Å². The Morgan fingerprint density at radius 1 is 1.39 bits per heavy atom. The number of aliphatic hydroxyl groups is 1. The molecule has 18 heavy (non-hydrogen) atoms. The van der Waals surface area contributed by atoms with Crippen molar-refractivity contribution in [3.8, 4) is 0 Å². The van der Waals surface area contributed by atoms with E-state index in [1.165, 1.54) is 0 Å². The van der Waals surface area contributed by atoms with Gasteiger partial charge in [-0.3, -0.25) is 0 Å². The van der Waals surface area contributed by atoms with E-state index in [1.54, 1.807) is 4.52 Å². The van der Waals surface area contributed by atoms with Gasteiger partial charge in [-0.1, -0.05) is 19.9 Å². The predicted molar refractivity (Wildman–Crippen MR) is 71.6 cm³/mol. The van der Waals surface area contributed by atoms with E-state index in [0.29, 0.717) is 5.95 Å². The summed E-state index contributed by atoms with van der Waals surface area (Å²) in [6, 6.07) is 5.80. The monoisotopic (exact) mass is 248 g/mol. The Morgan fingerprint density at radius 3 is 2.94 bits per heavy atom.